The number of amides is 1. The zero-order valence-electron chi connectivity index (χ0n) is 13.9. The minimum absolute atomic E-state index is 0.278. The van der Waals surface area contributed by atoms with Crippen molar-refractivity contribution in [3.05, 3.63) is 48.5 Å². The third kappa shape index (κ3) is 3.73. The van der Waals surface area contributed by atoms with E-state index < -0.39 is 5.60 Å². The van der Waals surface area contributed by atoms with Gasteiger partial charge in [-0.2, -0.15) is 0 Å². The van der Waals surface area contributed by atoms with Gasteiger partial charge in [0.1, 0.15) is 5.60 Å². The van der Waals surface area contributed by atoms with Crippen LogP contribution in [0.1, 0.15) is 26.3 Å². The molecule has 1 aromatic carbocycles. The molecule has 5 nitrogen and oxygen atoms in total. The lowest BCUT2D eigenvalue weighted by Gasteiger charge is -2.35. The predicted molar refractivity (Wildman–Crippen MR) is 89.4 cm³/mol. The number of fused-ring (bicyclic) bond motifs is 1. The van der Waals surface area contributed by atoms with Crippen LogP contribution in [0, 0.1) is 5.92 Å². The molecule has 0 fully saturated rings. The summed E-state index contributed by atoms with van der Waals surface area (Å²) in [5, 5.41) is 0. The molecule has 0 spiro atoms. The molecule has 1 aliphatic heterocycles. The molecule has 122 valence electrons. The Labute approximate surface area is 136 Å². The first-order valence-electron chi connectivity index (χ1n) is 7.96. The molecule has 0 saturated heterocycles. The maximum atomic E-state index is 12.6. The summed E-state index contributed by atoms with van der Waals surface area (Å²) >= 11 is 0. The number of benzene rings is 1. The second-order valence-electron chi connectivity index (χ2n) is 7.05. The second-order valence-corrected chi connectivity index (χ2v) is 7.05. The lowest BCUT2D eigenvalue weighted by molar-refractivity contribution is 0.0570. The number of hydrogen-bond acceptors (Lipinski definition) is 3. The Kier molecular flexibility index (Phi) is 4.11. The van der Waals surface area contributed by atoms with Crippen molar-refractivity contribution in [2.75, 3.05) is 11.4 Å². The molecule has 0 radical (unpaired) electrons. The van der Waals surface area contributed by atoms with E-state index in [0.29, 0.717) is 12.5 Å². The molecule has 0 saturated carbocycles. The lowest BCUT2D eigenvalue weighted by atomic mass is 9.92. The minimum atomic E-state index is -0.497. The summed E-state index contributed by atoms with van der Waals surface area (Å²) in [5.41, 5.74) is 1.65. The van der Waals surface area contributed by atoms with Crippen LogP contribution in [0.3, 0.4) is 0 Å². The van der Waals surface area contributed by atoms with Gasteiger partial charge in [0.05, 0.1) is 12.0 Å². The van der Waals surface area contributed by atoms with Gasteiger partial charge >= 0.3 is 6.09 Å². The molecule has 0 N–H and O–H groups in total. The van der Waals surface area contributed by atoms with Crippen LogP contribution in [0.15, 0.2) is 43.0 Å². The maximum Gasteiger partial charge on any atom is 0.414 e. The van der Waals surface area contributed by atoms with Gasteiger partial charge in [-0.25, -0.2) is 9.78 Å². The molecule has 3 rings (SSSR count). The van der Waals surface area contributed by atoms with Crippen LogP contribution in [-0.4, -0.2) is 27.8 Å². The number of carbonyl (C=O) groups is 1. The number of carbonyl (C=O) groups excluding carboxylic acids is 1. The molecule has 1 aliphatic rings. The Morgan fingerprint density at radius 1 is 1.35 bits per heavy atom. The van der Waals surface area contributed by atoms with Gasteiger partial charge in [0.2, 0.25) is 0 Å². The summed E-state index contributed by atoms with van der Waals surface area (Å²) in [6.45, 7) is 7.18. The molecule has 0 bridgehead atoms. The fourth-order valence-corrected chi connectivity index (χ4v) is 2.98. The summed E-state index contributed by atoms with van der Waals surface area (Å²) in [6.07, 6.45) is 6.23. The van der Waals surface area contributed by atoms with Gasteiger partial charge in [0, 0.05) is 25.5 Å². The van der Waals surface area contributed by atoms with Crippen LogP contribution >= 0.6 is 0 Å². The van der Waals surface area contributed by atoms with Crippen LogP contribution in [0.2, 0.25) is 0 Å². The Hall–Kier alpha value is -2.30. The van der Waals surface area contributed by atoms with E-state index in [-0.39, 0.29) is 6.09 Å². The van der Waals surface area contributed by atoms with Gasteiger partial charge in [-0.3, -0.25) is 4.90 Å². The fourth-order valence-electron chi connectivity index (χ4n) is 2.98. The quantitative estimate of drug-likeness (QED) is 0.852. The Morgan fingerprint density at radius 2 is 2.13 bits per heavy atom. The van der Waals surface area contributed by atoms with Crippen molar-refractivity contribution in [2.45, 2.75) is 39.3 Å². The van der Waals surface area contributed by atoms with Crippen molar-refractivity contribution < 1.29 is 9.53 Å². The van der Waals surface area contributed by atoms with Crippen LogP contribution in [0.5, 0.6) is 0 Å². The zero-order chi connectivity index (χ0) is 16.4. The summed E-state index contributed by atoms with van der Waals surface area (Å²) in [4.78, 5) is 18.5. The van der Waals surface area contributed by atoms with Crippen LogP contribution in [0.4, 0.5) is 10.5 Å². The molecular formula is C18H23N3O2. The van der Waals surface area contributed by atoms with Gasteiger partial charge in [0.25, 0.3) is 0 Å². The predicted octanol–water partition coefficient (Wildman–Crippen LogP) is 3.50. The summed E-state index contributed by atoms with van der Waals surface area (Å²) in [5.74, 6) is 0.339. The summed E-state index contributed by atoms with van der Waals surface area (Å²) < 4.78 is 7.65. The third-order valence-corrected chi connectivity index (χ3v) is 3.87. The number of hydrogen-bond donors (Lipinski definition) is 0. The van der Waals surface area contributed by atoms with Crippen LogP contribution < -0.4 is 4.90 Å². The molecule has 2 aromatic rings. The number of para-hydroxylation sites is 1. The zero-order valence-corrected chi connectivity index (χ0v) is 13.9. The molecule has 1 unspecified atom stereocenters. The van der Waals surface area contributed by atoms with E-state index in [9.17, 15) is 4.79 Å². The highest BCUT2D eigenvalue weighted by molar-refractivity contribution is 5.89. The van der Waals surface area contributed by atoms with Gasteiger partial charge in [-0.1, -0.05) is 18.2 Å². The average Bonchev–Trinajstić information content (AvgIpc) is 2.97. The number of ether oxygens (including phenoxy) is 1. The second kappa shape index (κ2) is 6.07. The van der Waals surface area contributed by atoms with E-state index >= 15 is 0 Å². The van der Waals surface area contributed by atoms with Crippen molar-refractivity contribution in [3.63, 3.8) is 0 Å². The van der Waals surface area contributed by atoms with Crippen molar-refractivity contribution in [1.29, 1.82) is 0 Å². The number of imidazole rings is 1. The van der Waals surface area contributed by atoms with Gasteiger partial charge in [-0.15, -0.1) is 0 Å². The maximum absolute atomic E-state index is 12.6. The van der Waals surface area contributed by atoms with E-state index in [1.54, 1.807) is 11.1 Å². The van der Waals surface area contributed by atoms with Crippen molar-refractivity contribution in [3.8, 4) is 0 Å². The highest BCUT2D eigenvalue weighted by atomic mass is 16.6. The number of aromatic nitrogens is 2. The highest BCUT2D eigenvalue weighted by Gasteiger charge is 2.31. The Morgan fingerprint density at radius 3 is 2.83 bits per heavy atom. The van der Waals surface area contributed by atoms with E-state index in [1.165, 1.54) is 5.56 Å². The Balaban J connectivity index is 1.83. The van der Waals surface area contributed by atoms with Crippen LogP contribution in [0.25, 0.3) is 0 Å². The molecule has 2 heterocycles. The lowest BCUT2D eigenvalue weighted by Crippen LogP contribution is -2.43. The molecule has 1 aromatic heterocycles. The number of nitrogens with zero attached hydrogens (tertiary/aromatic N) is 3. The topological polar surface area (TPSA) is 47.4 Å². The average molecular weight is 313 g/mol. The van der Waals surface area contributed by atoms with Crippen molar-refractivity contribution in [1.82, 2.24) is 9.55 Å². The van der Waals surface area contributed by atoms with Crippen molar-refractivity contribution >= 4 is 11.8 Å². The summed E-state index contributed by atoms with van der Waals surface area (Å²) in [7, 11) is 0. The number of anilines is 1. The molecular weight excluding hydrogens is 290 g/mol. The monoisotopic (exact) mass is 313 g/mol. The first-order chi connectivity index (χ1) is 10.9. The largest absolute Gasteiger partial charge is 0.443 e. The van der Waals surface area contributed by atoms with Gasteiger partial charge in [-0.05, 0) is 44.7 Å². The Bertz CT molecular complexity index is 674. The van der Waals surface area contributed by atoms with E-state index in [4.69, 9.17) is 4.74 Å². The molecule has 1 atom stereocenters. The van der Waals surface area contributed by atoms with E-state index in [2.05, 4.69) is 15.6 Å². The standard InChI is InChI=1S/C18H23N3O2/c1-18(2,3)23-17(22)21-12-14(11-20-9-8-19-13-20)10-15-6-4-5-7-16(15)21/h4-9,13-14H,10-12H2,1-3H3. The number of rotatable bonds is 2. The molecule has 1 amide bonds. The fraction of sp³-hybridized carbons (Fsp3) is 0.444. The van der Waals surface area contributed by atoms with Crippen LogP contribution in [-0.2, 0) is 17.7 Å². The third-order valence-electron chi connectivity index (χ3n) is 3.87. The summed E-state index contributed by atoms with van der Waals surface area (Å²) in [6, 6.07) is 8.07. The molecule has 23 heavy (non-hydrogen) atoms. The normalized spacial score (nSPS) is 17.7. The highest BCUT2D eigenvalue weighted by Crippen LogP contribution is 2.31. The SMILES string of the molecule is CC(C)(C)OC(=O)N1CC(Cn2ccnc2)Cc2ccccc21. The van der Waals surface area contributed by atoms with Crippen molar-refractivity contribution in [2.24, 2.45) is 5.92 Å². The van der Waals surface area contributed by atoms with Gasteiger partial charge < -0.3 is 9.30 Å². The van der Waals surface area contributed by atoms with E-state index in [1.807, 2.05) is 51.5 Å². The first kappa shape index (κ1) is 15.6. The molecule has 5 heteroatoms. The minimum Gasteiger partial charge on any atom is -0.443 e. The smallest absolute Gasteiger partial charge is 0.414 e. The van der Waals surface area contributed by atoms with E-state index in [0.717, 1.165) is 18.7 Å². The first-order valence-corrected chi connectivity index (χ1v) is 7.96. The van der Waals surface area contributed by atoms with Gasteiger partial charge in [0.15, 0.2) is 0 Å². The molecule has 0 aliphatic carbocycles.